The first kappa shape index (κ1) is 16.7. The first-order chi connectivity index (χ1) is 8.42. The fourth-order valence-electron chi connectivity index (χ4n) is 1.44. The van der Waals surface area contributed by atoms with Gasteiger partial charge in [0.25, 0.3) is 0 Å². The van der Waals surface area contributed by atoms with E-state index in [1.165, 1.54) is 18.4 Å². The maximum Gasteiger partial charge on any atom is 0.227 e. The number of rotatable bonds is 4. The maximum atomic E-state index is 11.4. The van der Waals surface area contributed by atoms with Crippen molar-refractivity contribution >= 4 is 5.91 Å². The van der Waals surface area contributed by atoms with E-state index in [-0.39, 0.29) is 5.91 Å². The van der Waals surface area contributed by atoms with Crippen molar-refractivity contribution in [2.75, 3.05) is 0 Å². The molecule has 1 atom stereocenters. The van der Waals surface area contributed by atoms with Crippen LogP contribution in [0.15, 0.2) is 24.3 Å². The summed E-state index contributed by atoms with van der Waals surface area (Å²) in [4.78, 5) is 11.4. The van der Waals surface area contributed by atoms with Crippen molar-refractivity contribution in [1.82, 2.24) is 0 Å². The number of benzene rings is 1. The molecule has 102 valence electrons. The van der Waals surface area contributed by atoms with Gasteiger partial charge in [-0.3, -0.25) is 4.79 Å². The second kappa shape index (κ2) is 7.91. The molecule has 0 heterocycles. The zero-order chi connectivity index (χ0) is 14.2. The summed E-state index contributed by atoms with van der Waals surface area (Å²) in [5, 5.41) is 0. The summed E-state index contributed by atoms with van der Waals surface area (Å²) in [7, 11) is 0. The standard InChI is InChI=1S/C12H17NO.C4H10/c1-4-12(3,11(13)14)10-7-5-9(2)6-8-10;1-3-4-2/h5-8H,4H2,1-3H3,(H2,13,14);3-4H2,1-2H3. The molecule has 1 aromatic rings. The molecule has 2 heteroatoms. The van der Waals surface area contributed by atoms with Gasteiger partial charge in [-0.15, -0.1) is 0 Å². The van der Waals surface area contributed by atoms with Gasteiger partial charge in [-0.1, -0.05) is 63.4 Å². The van der Waals surface area contributed by atoms with E-state index in [4.69, 9.17) is 5.73 Å². The van der Waals surface area contributed by atoms with Crippen LogP contribution in [0.25, 0.3) is 0 Å². The Morgan fingerprint density at radius 1 is 1.11 bits per heavy atom. The maximum absolute atomic E-state index is 11.4. The summed E-state index contributed by atoms with van der Waals surface area (Å²) in [6, 6.07) is 7.96. The molecule has 1 unspecified atom stereocenters. The minimum atomic E-state index is -0.534. The zero-order valence-electron chi connectivity index (χ0n) is 12.4. The number of primary amides is 1. The zero-order valence-corrected chi connectivity index (χ0v) is 12.4. The van der Waals surface area contributed by atoms with E-state index in [1.54, 1.807) is 0 Å². The predicted octanol–water partition coefficient (Wildman–Crippen LogP) is 3.95. The third-order valence-electron chi connectivity index (χ3n) is 3.44. The van der Waals surface area contributed by atoms with Crippen molar-refractivity contribution in [2.24, 2.45) is 5.73 Å². The Bertz CT molecular complexity index is 354. The summed E-state index contributed by atoms with van der Waals surface area (Å²) >= 11 is 0. The summed E-state index contributed by atoms with van der Waals surface area (Å²) in [6.07, 6.45) is 3.37. The fourth-order valence-corrected chi connectivity index (χ4v) is 1.44. The minimum absolute atomic E-state index is 0.260. The van der Waals surface area contributed by atoms with Gasteiger partial charge in [0.1, 0.15) is 0 Å². The third kappa shape index (κ3) is 4.52. The van der Waals surface area contributed by atoms with Gasteiger partial charge >= 0.3 is 0 Å². The van der Waals surface area contributed by atoms with Crippen LogP contribution < -0.4 is 5.73 Å². The molecule has 0 aliphatic heterocycles. The molecule has 0 aliphatic carbocycles. The second-order valence-corrected chi connectivity index (χ2v) is 4.92. The highest BCUT2D eigenvalue weighted by Gasteiger charge is 2.30. The van der Waals surface area contributed by atoms with Gasteiger partial charge < -0.3 is 5.73 Å². The summed E-state index contributed by atoms with van der Waals surface area (Å²) in [5.74, 6) is -0.260. The first-order valence-electron chi connectivity index (χ1n) is 6.79. The molecular formula is C16H27NO. The number of nitrogens with two attached hydrogens (primary N) is 1. The van der Waals surface area contributed by atoms with Gasteiger partial charge in [0.15, 0.2) is 0 Å². The van der Waals surface area contributed by atoms with Gasteiger partial charge in [0.2, 0.25) is 5.91 Å². The SMILES string of the molecule is CCC(C)(C(N)=O)c1ccc(C)cc1.CCCC. The van der Waals surface area contributed by atoms with E-state index in [1.807, 2.05) is 45.0 Å². The molecule has 1 aromatic carbocycles. The van der Waals surface area contributed by atoms with Gasteiger partial charge in [0.05, 0.1) is 5.41 Å². The lowest BCUT2D eigenvalue weighted by Crippen LogP contribution is -2.37. The number of amides is 1. The van der Waals surface area contributed by atoms with Crippen LogP contribution in [0.2, 0.25) is 0 Å². The minimum Gasteiger partial charge on any atom is -0.369 e. The van der Waals surface area contributed by atoms with Gasteiger partial charge in [0, 0.05) is 0 Å². The molecule has 0 spiro atoms. The van der Waals surface area contributed by atoms with Crippen molar-refractivity contribution in [2.45, 2.75) is 59.3 Å². The van der Waals surface area contributed by atoms with Gasteiger partial charge in [-0.05, 0) is 25.8 Å². The van der Waals surface area contributed by atoms with E-state index in [2.05, 4.69) is 13.8 Å². The Morgan fingerprint density at radius 3 is 1.83 bits per heavy atom. The number of hydrogen-bond acceptors (Lipinski definition) is 1. The Balaban J connectivity index is 0.000000631. The van der Waals surface area contributed by atoms with Crippen LogP contribution in [0, 0.1) is 6.92 Å². The van der Waals surface area contributed by atoms with Crippen molar-refractivity contribution in [1.29, 1.82) is 0 Å². The first-order valence-corrected chi connectivity index (χ1v) is 6.79. The highest BCUT2D eigenvalue weighted by atomic mass is 16.1. The average molecular weight is 249 g/mol. The number of aryl methyl sites for hydroxylation is 1. The number of hydrogen-bond donors (Lipinski definition) is 1. The van der Waals surface area contributed by atoms with E-state index < -0.39 is 5.41 Å². The summed E-state index contributed by atoms with van der Waals surface area (Å²) < 4.78 is 0. The molecule has 0 radical (unpaired) electrons. The Kier molecular flexibility index (Phi) is 7.33. The smallest absolute Gasteiger partial charge is 0.227 e. The van der Waals surface area contributed by atoms with E-state index >= 15 is 0 Å². The molecule has 0 bridgehead atoms. The molecule has 0 saturated carbocycles. The predicted molar refractivity (Wildman–Crippen MR) is 78.6 cm³/mol. The van der Waals surface area contributed by atoms with Crippen molar-refractivity contribution < 1.29 is 4.79 Å². The Labute approximate surface area is 112 Å². The van der Waals surface area contributed by atoms with E-state index in [0.717, 1.165) is 12.0 Å². The summed E-state index contributed by atoms with van der Waals surface area (Å²) in [6.45, 7) is 10.3. The van der Waals surface area contributed by atoms with Crippen LogP contribution in [-0.4, -0.2) is 5.91 Å². The number of carbonyl (C=O) groups excluding carboxylic acids is 1. The lowest BCUT2D eigenvalue weighted by Gasteiger charge is -2.24. The van der Waals surface area contributed by atoms with Crippen LogP contribution in [0.4, 0.5) is 0 Å². The molecule has 1 rings (SSSR count). The topological polar surface area (TPSA) is 43.1 Å². The second-order valence-electron chi connectivity index (χ2n) is 4.92. The van der Waals surface area contributed by atoms with Crippen molar-refractivity contribution in [3.8, 4) is 0 Å². The number of unbranched alkanes of at least 4 members (excludes halogenated alkanes) is 1. The largest absolute Gasteiger partial charge is 0.369 e. The molecule has 0 fully saturated rings. The highest BCUT2D eigenvalue weighted by Crippen LogP contribution is 2.27. The molecule has 1 amide bonds. The van der Waals surface area contributed by atoms with Crippen LogP contribution in [0.3, 0.4) is 0 Å². The Hall–Kier alpha value is -1.31. The third-order valence-corrected chi connectivity index (χ3v) is 3.44. The van der Waals surface area contributed by atoms with Gasteiger partial charge in [-0.2, -0.15) is 0 Å². The van der Waals surface area contributed by atoms with Crippen LogP contribution >= 0.6 is 0 Å². The molecule has 2 N–H and O–H groups in total. The lowest BCUT2D eigenvalue weighted by molar-refractivity contribution is -0.123. The molecular weight excluding hydrogens is 222 g/mol. The van der Waals surface area contributed by atoms with Crippen LogP contribution in [0.5, 0.6) is 0 Å². The van der Waals surface area contributed by atoms with Crippen molar-refractivity contribution in [3.05, 3.63) is 35.4 Å². The highest BCUT2D eigenvalue weighted by molar-refractivity contribution is 5.86. The van der Waals surface area contributed by atoms with Crippen molar-refractivity contribution in [3.63, 3.8) is 0 Å². The lowest BCUT2D eigenvalue weighted by atomic mass is 9.79. The Morgan fingerprint density at radius 2 is 1.56 bits per heavy atom. The average Bonchev–Trinajstić information content (AvgIpc) is 2.38. The molecule has 0 saturated heterocycles. The molecule has 0 aromatic heterocycles. The summed E-state index contributed by atoms with van der Waals surface area (Å²) in [5.41, 5.74) is 7.07. The molecule has 18 heavy (non-hydrogen) atoms. The van der Waals surface area contributed by atoms with Crippen LogP contribution in [0.1, 0.15) is 58.1 Å². The quantitative estimate of drug-likeness (QED) is 0.862. The van der Waals surface area contributed by atoms with Crippen LogP contribution in [-0.2, 0) is 10.2 Å². The fraction of sp³-hybridized carbons (Fsp3) is 0.562. The molecule has 2 nitrogen and oxygen atoms in total. The van der Waals surface area contributed by atoms with E-state index in [0.29, 0.717) is 0 Å². The van der Waals surface area contributed by atoms with Gasteiger partial charge in [-0.25, -0.2) is 0 Å². The normalized spacial score (nSPS) is 13.2. The molecule has 0 aliphatic rings. The number of carbonyl (C=O) groups is 1. The monoisotopic (exact) mass is 249 g/mol. The van der Waals surface area contributed by atoms with E-state index in [9.17, 15) is 4.79 Å².